The molecule has 0 aliphatic heterocycles. The van der Waals surface area contributed by atoms with E-state index in [0.717, 1.165) is 13.4 Å². The normalized spacial score (nSPS) is 17.0. The molecule has 14 nitrogen and oxygen atoms in total. The minimum Gasteiger partial charge on any atom is -0.464 e. The van der Waals surface area contributed by atoms with Crippen LogP contribution < -0.4 is 11.1 Å². The number of nitrogens with two attached hydrogens (primary N) is 1. The summed E-state index contributed by atoms with van der Waals surface area (Å²) < 4.78 is 82.3. The molecule has 17 heteroatoms. The summed E-state index contributed by atoms with van der Waals surface area (Å²) in [6.45, 7) is 1.34. The van der Waals surface area contributed by atoms with Crippen LogP contribution in [0.4, 0.5) is 4.79 Å². The van der Waals surface area contributed by atoms with Crippen LogP contribution in [0.5, 0.6) is 0 Å². The number of benzene rings is 2. The molecule has 244 valence electrons. The maximum atomic E-state index is 14.1. The number of ether oxygens (including phenoxy) is 3. The largest absolute Gasteiger partial charge is 0.511 e. The Morgan fingerprint density at radius 2 is 1.55 bits per heavy atom. The Hall–Kier alpha value is -3.22. The number of carbonyl (C=O) groups is 3. The van der Waals surface area contributed by atoms with Gasteiger partial charge in [-0.3, -0.25) is 4.79 Å². The summed E-state index contributed by atoms with van der Waals surface area (Å²) in [4.78, 5) is 39.9. The minimum absolute atomic E-state index is 0.0562. The number of carbonyl (C=O) groups excluding carboxylic acids is 3. The number of hydrogen-bond acceptors (Lipinski definition) is 11. The van der Waals surface area contributed by atoms with Crippen LogP contribution in [0, 0.1) is 5.92 Å². The van der Waals surface area contributed by atoms with Crippen LogP contribution in [-0.4, -0.2) is 79.8 Å². The van der Waals surface area contributed by atoms with E-state index in [1.165, 1.54) is 31.2 Å². The first-order valence-electron chi connectivity index (χ1n) is 13.1. The topological polar surface area (TPSA) is 226 Å². The van der Waals surface area contributed by atoms with Crippen molar-refractivity contribution in [2.75, 3.05) is 25.7 Å². The Labute approximate surface area is 260 Å². The summed E-state index contributed by atoms with van der Waals surface area (Å²) in [6.07, 6.45) is -1.98. The van der Waals surface area contributed by atoms with Gasteiger partial charge in [0.1, 0.15) is 9.84 Å². The van der Waals surface area contributed by atoms with E-state index in [1.54, 1.807) is 36.4 Å². The van der Waals surface area contributed by atoms with E-state index in [9.17, 15) is 40.3 Å². The van der Waals surface area contributed by atoms with Crippen molar-refractivity contribution in [1.82, 2.24) is 5.32 Å². The molecule has 5 unspecified atom stereocenters. The molecule has 2 rings (SSSR count). The Bertz CT molecular complexity index is 1430. The van der Waals surface area contributed by atoms with Crippen molar-refractivity contribution in [3.63, 3.8) is 0 Å². The van der Waals surface area contributed by atoms with E-state index >= 15 is 0 Å². The first kappa shape index (κ1) is 37.0. The van der Waals surface area contributed by atoms with Gasteiger partial charge in [-0.2, -0.15) is 0 Å². The quantitative estimate of drug-likeness (QED) is 0.112. The van der Waals surface area contributed by atoms with Crippen molar-refractivity contribution in [1.29, 1.82) is 0 Å². The molecule has 0 radical (unpaired) electrons. The molecule has 0 bridgehead atoms. The average molecular weight is 677 g/mol. The van der Waals surface area contributed by atoms with Gasteiger partial charge >= 0.3 is 17.8 Å². The van der Waals surface area contributed by atoms with Crippen molar-refractivity contribution < 1.29 is 54.5 Å². The smallest absolute Gasteiger partial charge is 0.464 e. The van der Waals surface area contributed by atoms with Gasteiger partial charge in [0.05, 0.1) is 19.5 Å². The maximum absolute atomic E-state index is 14.1. The number of esters is 1. The number of sulfone groups is 1. The molecule has 0 fully saturated rings. The summed E-state index contributed by atoms with van der Waals surface area (Å²) in [6, 6.07) is 13.9. The monoisotopic (exact) mass is 676 g/mol. The first-order valence-corrected chi connectivity index (χ1v) is 17.4. The van der Waals surface area contributed by atoms with E-state index in [4.69, 9.17) is 19.9 Å². The van der Waals surface area contributed by atoms with Crippen LogP contribution in [0.3, 0.4) is 0 Å². The van der Waals surface area contributed by atoms with Crippen LogP contribution in [0.1, 0.15) is 30.9 Å². The highest BCUT2D eigenvalue weighted by molar-refractivity contribution is 7.99. The Morgan fingerprint density at radius 1 is 1.00 bits per heavy atom. The summed E-state index contributed by atoms with van der Waals surface area (Å²) in [7, 11) is -2.66. The van der Waals surface area contributed by atoms with Crippen LogP contribution in [0.15, 0.2) is 60.7 Å². The van der Waals surface area contributed by atoms with Gasteiger partial charge in [0.2, 0.25) is 5.91 Å². The zero-order chi connectivity index (χ0) is 33.1. The standard InChI is InChI=1S/C27H36N2O12S3/c1-4-40-25(32)41-27(24(31)39-2,21-13-9-6-10-14-21)29-23(30)20(17-19-11-7-5-8-12-19)18-26(42(33)34,43(35)36)22(28)15-16-44(3,37)38/h5-14,20,22H,4,15-18,28H2,1-3H3,(H,29,30)(H,33,34)(H,35,36). The number of hydrogen-bond donors (Lipinski definition) is 4. The van der Waals surface area contributed by atoms with Gasteiger partial charge < -0.3 is 34.4 Å². The van der Waals surface area contributed by atoms with Crippen LogP contribution in [0.25, 0.3) is 0 Å². The molecule has 0 saturated carbocycles. The van der Waals surface area contributed by atoms with Crippen LogP contribution in [0.2, 0.25) is 0 Å². The molecule has 0 saturated heterocycles. The van der Waals surface area contributed by atoms with Gasteiger partial charge in [0.25, 0.3) is 0 Å². The molecule has 0 spiro atoms. The highest BCUT2D eigenvalue weighted by atomic mass is 32.3. The molecule has 1 amide bonds. The van der Waals surface area contributed by atoms with Crippen molar-refractivity contribution in [2.24, 2.45) is 11.7 Å². The van der Waals surface area contributed by atoms with Gasteiger partial charge in [0.15, 0.2) is 26.2 Å². The van der Waals surface area contributed by atoms with E-state index in [0.29, 0.717) is 5.56 Å². The van der Waals surface area contributed by atoms with Gasteiger partial charge in [0, 0.05) is 23.8 Å². The van der Waals surface area contributed by atoms with Crippen molar-refractivity contribution in [3.05, 3.63) is 71.8 Å². The molecule has 0 aliphatic rings. The van der Waals surface area contributed by atoms with Crippen LogP contribution in [-0.2, 0) is 67.9 Å². The van der Waals surface area contributed by atoms with Gasteiger partial charge in [-0.25, -0.2) is 26.4 Å². The lowest BCUT2D eigenvalue weighted by Gasteiger charge is -2.36. The zero-order valence-corrected chi connectivity index (χ0v) is 26.7. The van der Waals surface area contributed by atoms with E-state index in [1.807, 2.05) is 0 Å². The number of amides is 1. The summed E-state index contributed by atoms with van der Waals surface area (Å²) in [5, 5.41) is 2.37. The predicted octanol–water partition coefficient (Wildman–Crippen LogP) is 1.45. The Kier molecular flexibility index (Phi) is 13.6. The average Bonchev–Trinajstić information content (AvgIpc) is 2.97. The molecule has 5 atom stereocenters. The lowest BCUT2D eigenvalue weighted by atomic mass is 9.90. The van der Waals surface area contributed by atoms with E-state index in [-0.39, 0.29) is 18.6 Å². The third kappa shape index (κ3) is 9.39. The van der Waals surface area contributed by atoms with E-state index in [2.05, 4.69) is 5.32 Å². The zero-order valence-electron chi connectivity index (χ0n) is 24.2. The Morgan fingerprint density at radius 3 is 2.02 bits per heavy atom. The molecular weight excluding hydrogens is 640 g/mol. The molecular formula is C27H36N2O12S3. The van der Waals surface area contributed by atoms with Gasteiger partial charge in [-0.15, -0.1) is 0 Å². The van der Waals surface area contributed by atoms with Gasteiger partial charge in [-0.05, 0) is 31.7 Å². The van der Waals surface area contributed by atoms with Gasteiger partial charge in [-0.1, -0.05) is 60.7 Å². The van der Waals surface area contributed by atoms with Crippen molar-refractivity contribution in [3.8, 4) is 0 Å². The second-order valence-electron chi connectivity index (χ2n) is 9.74. The van der Waals surface area contributed by atoms with Crippen molar-refractivity contribution >= 4 is 50.0 Å². The number of methoxy groups -OCH3 is 1. The molecule has 44 heavy (non-hydrogen) atoms. The van der Waals surface area contributed by atoms with Crippen LogP contribution >= 0.6 is 0 Å². The first-order chi connectivity index (χ1) is 20.6. The second-order valence-corrected chi connectivity index (χ2v) is 14.7. The fourth-order valence-corrected chi connectivity index (χ4v) is 7.02. The highest BCUT2D eigenvalue weighted by Gasteiger charge is 2.54. The minimum atomic E-state index is -3.64. The predicted molar refractivity (Wildman–Crippen MR) is 161 cm³/mol. The second kappa shape index (κ2) is 16.2. The highest BCUT2D eigenvalue weighted by Crippen LogP contribution is 2.34. The third-order valence-corrected chi connectivity index (χ3v) is 10.6. The fourth-order valence-electron chi connectivity index (χ4n) is 4.41. The lowest BCUT2D eigenvalue weighted by molar-refractivity contribution is -0.174. The molecule has 0 heterocycles. The molecule has 2 aromatic rings. The molecule has 0 aliphatic carbocycles. The fraction of sp³-hybridized carbons (Fsp3) is 0.444. The summed E-state index contributed by atoms with van der Waals surface area (Å²) in [5.41, 5.74) is 3.96. The lowest BCUT2D eigenvalue weighted by Crippen LogP contribution is -2.60. The summed E-state index contributed by atoms with van der Waals surface area (Å²) >= 11 is -6.35. The van der Waals surface area contributed by atoms with Crippen molar-refractivity contribution in [2.45, 2.75) is 42.0 Å². The molecule has 2 aromatic carbocycles. The SMILES string of the molecule is CCOC(=O)OC(NC(=O)C(Cc1ccccc1)CC(C(N)CCS(C)(=O)=O)(S(=O)O)S(=O)O)(C(=O)OC)c1ccccc1. The maximum Gasteiger partial charge on any atom is 0.511 e. The van der Waals surface area contributed by atoms with E-state index < -0.39 is 90.4 Å². The molecule has 5 N–H and O–H groups in total. The Balaban J connectivity index is 2.71. The third-order valence-electron chi connectivity index (χ3n) is 6.63. The summed E-state index contributed by atoms with van der Waals surface area (Å²) in [5.74, 6) is -4.36. The number of rotatable bonds is 16. The molecule has 0 aromatic heterocycles. The number of nitrogens with one attached hydrogen (secondary N) is 1.